The smallest absolute Gasteiger partial charge is 0.253 e. The molecular formula is C13H14N4O. The van der Waals surface area contributed by atoms with Crippen LogP contribution in [0.2, 0.25) is 0 Å². The first-order valence-electron chi connectivity index (χ1n) is 6.06. The van der Waals surface area contributed by atoms with Crippen LogP contribution in [-0.2, 0) is 0 Å². The number of hydrogen-bond donors (Lipinski definition) is 2. The van der Waals surface area contributed by atoms with E-state index in [1.807, 2.05) is 12.1 Å². The van der Waals surface area contributed by atoms with Crippen molar-refractivity contribution >= 4 is 16.9 Å². The molecule has 2 aromatic rings. The van der Waals surface area contributed by atoms with Gasteiger partial charge in [-0.15, -0.1) is 0 Å². The third-order valence-corrected chi connectivity index (χ3v) is 3.14. The Bertz CT molecular complexity index is 573. The van der Waals surface area contributed by atoms with Crippen molar-refractivity contribution in [1.82, 2.24) is 20.6 Å². The minimum Gasteiger partial charge on any atom is -0.348 e. The number of fused-ring (bicyclic) bond motifs is 1. The molecule has 18 heavy (non-hydrogen) atoms. The zero-order chi connectivity index (χ0) is 12.4. The van der Waals surface area contributed by atoms with Gasteiger partial charge < -0.3 is 10.6 Å². The van der Waals surface area contributed by atoms with E-state index in [-0.39, 0.29) is 11.9 Å². The fourth-order valence-corrected chi connectivity index (χ4v) is 2.22. The summed E-state index contributed by atoms with van der Waals surface area (Å²) in [5.74, 6) is -0.0743. The lowest BCUT2D eigenvalue weighted by molar-refractivity contribution is 0.0941. The molecule has 1 aliphatic heterocycles. The van der Waals surface area contributed by atoms with Crippen LogP contribution in [0.15, 0.2) is 30.6 Å². The molecule has 1 aromatic carbocycles. The van der Waals surface area contributed by atoms with E-state index in [0.717, 1.165) is 25.0 Å². The third-order valence-electron chi connectivity index (χ3n) is 3.14. The Morgan fingerprint density at radius 1 is 1.33 bits per heavy atom. The summed E-state index contributed by atoms with van der Waals surface area (Å²) in [6.45, 7) is 1.79. The van der Waals surface area contributed by atoms with Crippen molar-refractivity contribution in [3.63, 3.8) is 0 Å². The van der Waals surface area contributed by atoms with Gasteiger partial charge in [0.2, 0.25) is 0 Å². The first-order valence-corrected chi connectivity index (χ1v) is 6.06. The molecule has 0 saturated carbocycles. The van der Waals surface area contributed by atoms with Crippen molar-refractivity contribution in [2.45, 2.75) is 12.5 Å². The lowest BCUT2D eigenvalue weighted by atomic mass is 10.1. The zero-order valence-corrected chi connectivity index (χ0v) is 9.89. The second-order valence-corrected chi connectivity index (χ2v) is 4.39. The van der Waals surface area contributed by atoms with E-state index in [1.54, 1.807) is 18.5 Å². The molecule has 1 fully saturated rings. The van der Waals surface area contributed by atoms with Crippen molar-refractivity contribution in [2.24, 2.45) is 0 Å². The number of hydrogen-bond acceptors (Lipinski definition) is 4. The Labute approximate surface area is 105 Å². The van der Waals surface area contributed by atoms with Gasteiger partial charge in [0.1, 0.15) is 5.52 Å². The first kappa shape index (κ1) is 11.1. The Kier molecular flexibility index (Phi) is 2.90. The van der Waals surface area contributed by atoms with Crippen LogP contribution in [0.3, 0.4) is 0 Å². The summed E-state index contributed by atoms with van der Waals surface area (Å²) in [6.07, 6.45) is 4.21. The van der Waals surface area contributed by atoms with Crippen LogP contribution in [0.1, 0.15) is 16.8 Å². The summed E-state index contributed by atoms with van der Waals surface area (Å²) in [4.78, 5) is 20.6. The predicted molar refractivity (Wildman–Crippen MR) is 68.3 cm³/mol. The lowest BCUT2D eigenvalue weighted by Gasteiger charge is -2.12. The number of benzene rings is 1. The van der Waals surface area contributed by atoms with Gasteiger partial charge in [0.15, 0.2) is 0 Å². The average molecular weight is 242 g/mol. The molecule has 3 rings (SSSR count). The summed E-state index contributed by atoms with van der Waals surface area (Å²) >= 11 is 0. The molecule has 0 aliphatic carbocycles. The van der Waals surface area contributed by atoms with Crippen molar-refractivity contribution in [2.75, 3.05) is 13.1 Å². The highest BCUT2D eigenvalue weighted by molar-refractivity contribution is 6.04. The van der Waals surface area contributed by atoms with Crippen LogP contribution >= 0.6 is 0 Å². The van der Waals surface area contributed by atoms with Gasteiger partial charge in [-0.1, -0.05) is 6.07 Å². The molecule has 92 valence electrons. The standard InChI is InChI=1S/C13H14N4O/c18-13(17-9-4-5-14-8-9)10-2-1-3-11-12(10)16-7-6-15-11/h1-3,6-7,9,14H,4-5,8H2,(H,17,18)/t9-/m1/s1. The van der Waals surface area contributed by atoms with Crippen LogP contribution in [0.4, 0.5) is 0 Å². The van der Waals surface area contributed by atoms with Crippen molar-refractivity contribution < 1.29 is 4.79 Å². The van der Waals surface area contributed by atoms with Gasteiger partial charge in [-0.3, -0.25) is 14.8 Å². The Hall–Kier alpha value is -2.01. The van der Waals surface area contributed by atoms with Gasteiger partial charge >= 0.3 is 0 Å². The number of carbonyl (C=O) groups excluding carboxylic acids is 1. The van der Waals surface area contributed by atoms with Crippen LogP contribution in [0, 0.1) is 0 Å². The lowest BCUT2D eigenvalue weighted by Crippen LogP contribution is -2.36. The largest absolute Gasteiger partial charge is 0.348 e. The molecule has 0 unspecified atom stereocenters. The molecule has 1 saturated heterocycles. The van der Waals surface area contributed by atoms with Crippen LogP contribution in [-0.4, -0.2) is 35.0 Å². The maximum atomic E-state index is 12.2. The van der Waals surface area contributed by atoms with E-state index in [2.05, 4.69) is 20.6 Å². The van der Waals surface area contributed by atoms with Crippen molar-refractivity contribution in [1.29, 1.82) is 0 Å². The van der Waals surface area contributed by atoms with Gasteiger partial charge in [0.05, 0.1) is 11.1 Å². The number of nitrogens with one attached hydrogen (secondary N) is 2. The number of aromatic nitrogens is 2. The average Bonchev–Trinajstić information content (AvgIpc) is 2.91. The maximum Gasteiger partial charge on any atom is 0.253 e. The van der Waals surface area contributed by atoms with Gasteiger partial charge in [-0.25, -0.2) is 0 Å². The molecule has 5 heteroatoms. The predicted octanol–water partition coefficient (Wildman–Crippen LogP) is 0.721. The second kappa shape index (κ2) is 4.70. The number of para-hydroxylation sites is 1. The van der Waals surface area contributed by atoms with Gasteiger partial charge in [-0.05, 0) is 25.1 Å². The molecule has 0 spiro atoms. The molecule has 0 radical (unpaired) electrons. The molecule has 1 aromatic heterocycles. The van der Waals surface area contributed by atoms with Gasteiger partial charge in [0.25, 0.3) is 5.91 Å². The highest BCUT2D eigenvalue weighted by Crippen LogP contribution is 2.14. The molecule has 0 bridgehead atoms. The van der Waals surface area contributed by atoms with E-state index in [9.17, 15) is 4.79 Å². The fourth-order valence-electron chi connectivity index (χ4n) is 2.22. The van der Waals surface area contributed by atoms with E-state index in [1.165, 1.54) is 0 Å². The van der Waals surface area contributed by atoms with Crippen molar-refractivity contribution in [3.8, 4) is 0 Å². The summed E-state index contributed by atoms with van der Waals surface area (Å²) in [7, 11) is 0. The molecule has 1 aliphatic rings. The first-order chi connectivity index (χ1) is 8.84. The summed E-state index contributed by atoms with van der Waals surface area (Å²) in [6, 6.07) is 5.69. The van der Waals surface area contributed by atoms with Crippen LogP contribution < -0.4 is 10.6 Å². The second-order valence-electron chi connectivity index (χ2n) is 4.39. The third kappa shape index (κ3) is 2.04. The zero-order valence-electron chi connectivity index (χ0n) is 9.89. The van der Waals surface area contributed by atoms with Crippen molar-refractivity contribution in [3.05, 3.63) is 36.2 Å². The number of carbonyl (C=O) groups is 1. The molecular weight excluding hydrogens is 228 g/mol. The Balaban J connectivity index is 1.91. The normalized spacial score (nSPS) is 19.0. The van der Waals surface area contributed by atoms with Crippen LogP contribution in [0.5, 0.6) is 0 Å². The number of nitrogens with zero attached hydrogens (tertiary/aromatic N) is 2. The quantitative estimate of drug-likeness (QED) is 0.814. The number of amides is 1. The summed E-state index contributed by atoms with van der Waals surface area (Å²) in [5, 5.41) is 6.24. The summed E-state index contributed by atoms with van der Waals surface area (Å²) in [5.41, 5.74) is 1.99. The highest BCUT2D eigenvalue weighted by atomic mass is 16.1. The van der Waals surface area contributed by atoms with E-state index in [0.29, 0.717) is 11.1 Å². The molecule has 2 N–H and O–H groups in total. The molecule has 2 heterocycles. The van der Waals surface area contributed by atoms with Gasteiger partial charge in [0, 0.05) is 25.0 Å². The molecule has 1 atom stereocenters. The number of rotatable bonds is 2. The summed E-state index contributed by atoms with van der Waals surface area (Å²) < 4.78 is 0. The van der Waals surface area contributed by atoms with Crippen LogP contribution in [0.25, 0.3) is 11.0 Å². The highest BCUT2D eigenvalue weighted by Gasteiger charge is 2.19. The Morgan fingerprint density at radius 3 is 3.06 bits per heavy atom. The SMILES string of the molecule is O=C(N[C@@H]1CCNC1)c1cccc2nccnc12. The molecule has 1 amide bonds. The van der Waals surface area contributed by atoms with E-state index in [4.69, 9.17) is 0 Å². The van der Waals surface area contributed by atoms with E-state index >= 15 is 0 Å². The fraction of sp³-hybridized carbons (Fsp3) is 0.308. The topological polar surface area (TPSA) is 66.9 Å². The monoisotopic (exact) mass is 242 g/mol. The maximum absolute atomic E-state index is 12.2. The Morgan fingerprint density at radius 2 is 2.22 bits per heavy atom. The minimum absolute atomic E-state index is 0.0743. The van der Waals surface area contributed by atoms with Gasteiger partial charge in [-0.2, -0.15) is 0 Å². The minimum atomic E-state index is -0.0743. The molecule has 5 nitrogen and oxygen atoms in total. The van der Waals surface area contributed by atoms with E-state index < -0.39 is 0 Å².